The molecule has 0 spiro atoms. The number of halogens is 2. The minimum Gasteiger partial charge on any atom is -1.00 e. The van der Waals surface area contributed by atoms with Crippen LogP contribution in [-0.2, 0) is 20.9 Å². The van der Waals surface area contributed by atoms with Gasteiger partial charge in [-0.3, -0.25) is 0 Å². The van der Waals surface area contributed by atoms with Crippen molar-refractivity contribution in [3.8, 4) is 0 Å². The first kappa shape index (κ1) is 25.5. The SMILES string of the molecule is CCC1=CC=C[C]1(CC)[Zr+2]([SiH](C)C)[C]1(CC)C=CC=C1CC.[I-].[I-]. The molecule has 0 bridgehead atoms. The monoisotopic (exact) mass is 645 g/mol. The second-order valence-corrected chi connectivity index (χ2v) is 27.7. The van der Waals surface area contributed by atoms with Gasteiger partial charge < -0.3 is 48.0 Å². The van der Waals surface area contributed by atoms with Gasteiger partial charge >= 0.3 is 147 Å². The van der Waals surface area contributed by atoms with Crippen molar-refractivity contribution in [1.82, 2.24) is 0 Å². The molecule has 24 heavy (non-hydrogen) atoms. The third kappa shape index (κ3) is 4.16. The molecule has 2 unspecified atom stereocenters. The normalized spacial score (nSPS) is 27.6. The number of hydrogen-bond acceptors (Lipinski definition) is 0. The Morgan fingerprint density at radius 2 is 1.17 bits per heavy atom. The maximum Gasteiger partial charge on any atom is -1.00 e. The Kier molecular flexibility index (Phi) is 11.4. The van der Waals surface area contributed by atoms with Crippen molar-refractivity contribution in [3.05, 3.63) is 47.6 Å². The molecule has 2 aliphatic carbocycles. The molecule has 0 aliphatic heterocycles. The summed E-state index contributed by atoms with van der Waals surface area (Å²) in [4.78, 5) is 0. The van der Waals surface area contributed by atoms with Gasteiger partial charge in [-0.25, -0.2) is 0 Å². The van der Waals surface area contributed by atoms with E-state index < -0.39 is 26.8 Å². The van der Waals surface area contributed by atoms with Crippen LogP contribution in [-0.4, -0.2) is 5.92 Å². The molecular weight excluding hydrogens is 613 g/mol. The Balaban J connectivity index is 0.00000264. The maximum atomic E-state index is 2.66. The van der Waals surface area contributed by atoms with Crippen molar-refractivity contribution >= 4 is 5.92 Å². The van der Waals surface area contributed by atoms with Crippen LogP contribution in [0.25, 0.3) is 0 Å². The van der Waals surface area contributed by atoms with E-state index in [0.29, 0.717) is 6.25 Å². The quantitative estimate of drug-likeness (QED) is 0.280. The summed E-state index contributed by atoms with van der Waals surface area (Å²) in [5, 5.41) is 0. The first-order valence-corrected chi connectivity index (χ1v) is 18.8. The van der Waals surface area contributed by atoms with Gasteiger partial charge in [0.2, 0.25) is 0 Å². The van der Waals surface area contributed by atoms with Gasteiger partial charge in [0, 0.05) is 0 Å². The molecule has 135 valence electrons. The molecule has 0 radical (unpaired) electrons. The molecule has 4 heteroatoms. The molecule has 2 atom stereocenters. The van der Waals surface area contributed by atoms with E-state index >= 15 is 0 Å². The molecule has 0 aromatic carbocycles. The fraction of sp³-hybridized carbons (Fsp3) is 0.600. The van der Waals surface area contributed by atoms with E-state index in [2.05, 4.69) is 77.2 Å². The van der Waals surface area contributed by atoms with Gasteiger partial charge in [0.1, 0.15) is 0 Å². The number of hydrogen-bond donors (Lipinski definition) is 0. The molecule has 2 aliphatic rings. The van der Waals surface area contributed by atoms with E-state index in [-0.39, 0.29) is 48.0 Å². The molecule has 2 rings (SSSR count). The molecule has 0 saturated heterocycles. The van der Waals surface area contributed by atoms with Crippen LogP contribution in [0, 0.1) is 0 Å². The fourth-order valence-electron chi connectivity index (χ4n) is 5.06. The second kappa shape index (κ2) is 10.8. The third-order valence-electron chi connectivity index (χ3n) is 5.92. The van der Waals surface area contributed by atoms with Crippen molar-refractivity contribution in [3.63, 3.8) is 0 Å². The van der Waals surface area contributed by atoms with E-state index in [1.807, 2.05) is 0 Å². The summed E-state index contributed by atoms with van der Waals surface area (Å²) in [5.41, 5.74) is 3.52. The van der Waals surface area contributed by atoms with E-state index in [0.717, 1.165) is 0 Å². The molecule has 0 aromatic heterocycles. The Hall–Kier alpha value is 1.52. The Morgan fingerprint density at radius 1 is 0.792 bits per heavy atom. The Bertz CT molecular complexity index is 492. The van der Waals surface area contributed by atoms with Gasteiger partial charge in [0.15, 0.2) is 0 Å². The molecule has 0 heterocycles. The minimum absolute atomic E-state index is 0. The van der Waals surface area contributed by atoms with E-state index in [1.54, 1.807) is 11.1 Å². The molecular formula is C20H33I2SiZr. The zero-order valence-electron chi connectivity index (χ0n) is 16.1. The van der Waals surface area contributed by atoms with Crippen LogP contribution >= 0.6 is 0 Å². The first-order valence-electron chi connectivity index (χ1n) is 9.17. The largest absolute Gasteiger partial charge is 1.00 e. The van der Waals surface area contributed by atoms with Gasteiger partial charge in [-0.2, -0.15) is 0 Å². The van der Waals surface area contributed by atoms with Crippen molar-refractivity contribution in [2.24, 2.45) is 0 Å². The summed E-state index contributed by atoms with van der Waals surface area (Å²) in [6.07, 6.45) is 20.1. The molecule has 0 N–H and O–H groups in total. The first-order chi connectivity index (χ1) is 10.5. The van der Waals surface area contributed by atoms with Crippen LogP contribution in [0.4, 0.5) is 0 Å². The Morgan fingerprint density at radius 3 is 1.42 bits per heavy atom. The van der Waals surface area contributed by atoms with Crippen molar-refractivity contribution in [1.29, 1.82) is 0 Å². The van der Waals surface area contributed by atoms with E-state index in [1.165, 1.54) is 25.7 Å². The van der Waals surface area contributed by atoms with E-state index in [9.17, 15) is 0 Å². The topological polar surface area (TPSA) is 0 Å². The smallest absolute Gasteiger partial charge is 1.00 e. The maximum absolute atomic E-state index is 2.66. The fourth-order valence-corrected chi connectivity index (χ4v) is 36.2. The zero-order valence-corrected chi connectivity index (χ0v) is 24.1. The molecule has 0 saturated carbocycles. The van der Waals surface area contributed by atoms with Crippen LogP contribution in [0.15, 0.2) is 47.6 Å². The van der Waals surface area contributed by atoms with Gasteiger partial charge in [-0.15, -0.1) is 0 Å². The molecule has 0 aromatic rings. The molecule has 0 nitrogen and oxygen atoms in total. The van der Waals surface area contributed by atoms with Crippen molar-refractivity contribution in [2.75, 3.05) is 0 Å². The Labute approximate surface area is 193 Å². The summed E-state index contributed by atoms with van der Waals surface area (Å²) in [6.45, 7) is 14.9. The van der Waals surface area contributed by atoms with Crippen LogP contribution in [0.5, 0.6) is 0 Å². The van der Waals surface area contributed by atoms with Crippen LogP contribution < -0.4 is 48.0 Å². The number of allylic oxidation sites excluding steroid dienone is 8. The average Bonchev–Trinajstić information content (AvgIpc) is 3.11. The van der Waals surface area contributed by atoms with Crippen molar-refractivity contribution < 1.29 is 68.9 Å². The van der Waals surface area contributed by atoms with Gasteiger partial charge in [-0.1, -0.05) is 0 Å². The van der Waals surface area contributed by atoms with Crippen LogP contribution in [0.1, 0.15) is 53.4 Å². The van der Waals surface area contributed by atoms with Crippen LogP contribution in [0.3, 0.4) is 0 Å². The van der Waals surface area contributed by atoms with Crippen molar-refractivity contribution in [2.45, 2.75) is 72.7 Å². The molecule has 0 fully saturated rings. The minimum atomic E-state index is -1.75. The number of rotatable bonds is 7. The average molecular weight is 647 g/mol. The van der Waals surface area contributed by atoms with Gasteiger partial charge in [0.25, 0.3) is 0 Å². The predicted octanol–water partition coefficient (Wildman–Crippen LogP) is 0.546. The summed E-state index contributed by atoms with van der Waals surface area (Å²) >= 11 is -1.75. The van der Waals surface area contributed by atoms with Gasteiger partial charge in [0.05, 0.1) is 0 Å². The van der Waals surface area contributed by atoms with E-state index in [4.69, 9.17) is 0 Å². The predicted molar refractivity (Wildman–Crippen MR) is 99.9 cm³/mol. The summed E-state index contributed by atoms with van der Waals surface area (Å²) in [6, 6.07) is 0. The zero-order chi connectivity index (χ0) is 16.4. The van der Waals surface area contributed by atoms with Gasteiger partial charge in [-0.05, 0) is 0 Å². The summed E-state index contributed by atoms with van der Waals surface area (Å²) in [7, 11) is 0. The molecule has 0 amide bonds. The summed E-state index contributed by atoms with van der Waals surface area (Å²) in [5.74, 6) is -0.654. The third-order valence-corrected chi connectivity index (χ3v) is 30.5. The second-order valence-electron chi connectivity index (χ2n) is 7.03. The summed E-state index contributed by atoms with van der Waals surface area (Å²) < 4.78 is 0.993. The van der Waals surface area contributed by atoms with Crippen LogP contribution in [0.2, 0.25) is 19.3 Å². The standard InChI is InChI=1S/2C9H13.C2H7Si.2HI.Zr/c2*1-3-8-6-5-7-9(8)4-2;1-3-2;;;/h2*5-7H,3-4H2,1-2H3;3H,1-2H3;2*1H;/q;;;;;+2/p-2.